The van der Waals surface area contributed by atoms with Gasteiger partial charge in [-0.3, -0.25) is 9.78 Å². The van der Waals surface area contributed by atoms with Crippen molar-refractivity contribution in [1.82, 2.24) is 9.97 Å². The highest BCUT2D eigenvalue weighted by Gasteiger charge is 2.08. The van der Waals surface area contributed by atoms with Gasteiger partial charge in [-0.15, -0.1) is 0 Å². The minimum Gasteiger partial charge on any atom is -0.311 e. The molecular weight excluding hydrogens is 232 g/mol. The van der Waals surface area contributed by atoms with Crippen LogP contribution in [0.3, 0.4) is 0 Å². The first-order valence-corrected chi connectivity index (χ1v) is 6.88. The summed E-state index contributed by atoms with van der Waals surface area (Å²) in [5.41, 5.74) is 3.89. The van der Waals surface area contributed by atoms with Gasteiger partial charge in [0.25, 0.3) is 0 Å². The van der Waals surface area contributed by atoms with Gasteiger partial charge in [0.2, 0.25) is 0 Å². The number of aryl methyl sites for hydroxylation is 3. The summed E-state index contributed by atoms with van der Waals surface area (Å²) in [4.78, 5) is 18.3. The third-order valence-corrected chi connectivity index (χ3v) is 3.23. The number of aromatic nitrogens is 2. The lowest BCUT2D eigenvalue weighted by Crippen LogP contribution is -1.93. The second-order valence-corrected chi connectivity index (χ2v) is 4.11. The molecule has 0 unspecified atom stereocenters. The lowest BCUT2D eigenvalue weighted by molar-refractivity contribution is 1.11. The molecule has 3 nitrogen and oxygen atoms in total. The van der Waals surface area contributed by atoms with E-state index in [1.54, 1.807) is 0 Å². The molecule has 1 N–H and O–H groups in total. The number of rotatable bonds is 0. The summed E-state index contributed by atoms with van der Waals surface area (Å²) in [7, 11) is 0. The number of hydrogen-bond donors (Lipinski definition) is 1. The molecule has 96 valence electrons. The zero-order valence-electron chi connectivity index (χ0n) is 11.8. The number of hydrogen-bond acceptors (Lipinski definition) is 3. The molecule has 17 heavy (non-hydrogen) atoms. The van der Waals surface area contributed by atoms with E-state index in [2.05, 4.69) is 9.97 Å². The van der Waals surface area contributed by atoms with E-state index in [0.717, 1.165) is 27.2 Å². The van der Waals surface area contributed by atoms with Crippen molar-refractivity contribution in [3.8, 4) is 0 Å². The van der Waals surface area contributed by atoms with Crippen molar-refractivity contribution < 1.29 is 0 Å². The van der Waals surface area contributed by atoms with Crippen LogP contribution >= 0.6 is 11.3 Å². The highest BCUT2D eigenvalue weighted by atomic mass is 32.1. The molecule has 0 radical (unpaired) electrons. The Labute approximate surface area is 107 Å². The van der Waals surface area contributed by atoms with E-state index in [1.807, 2.05) is 48.5 Å². The van der Waals surface area contributed by atoms with Crippen LogP contribution < -0.4 is 4.87 Å². The highest BCUT2D eigenvalue weighted by molar-refractivity contribution is 7.16. The van der Waals surface area contributed by atoms with Crippen LogP contribution in [0.25, 0.3) is 10.2 Å². The Morgan fingerprint density at radius 1 is 1.00 bits per heavy atom. The van der Waals surface area contributed by atoms with E-state index in [-0.39, 0.29) is 4.87 Å². The molecule has 2 aromatic rings. The van der Waals surface area contributed by atoms with Gasteiger partial charge in [-0.1, -0.05) is 39.0 Å². The van der Waals surface area contributed by atoms with Gasteiger partial charge in [-0.2, -0.15) is 0 Å². The topological polar surface area (TPSA) is 45.8 Å². The maximum atomic E-state index is 11.1. The van der Waals surface area contributed by atoms with Crippen molar-refractivity contribution in [2.24, 2.45) is 0 Å². The van der Waals surface area contributed by atoms with Gasteiger partial charge in [-0.25, -0.2) is 0 Å². The summed E-state index contributed by atoms with van der Waals surface area (Å²) in [5.74, 6) is 0. The van der Waals surface area contributed by atoms with Gasteiger partial charge < -0.3 is 4.98 Å². The molecule has 4 heteroatoms. The number of nitrogens with zero attached hydrogens (tertiary/aromatic N) is 1. The molecule has 2 heterocycles. The van der Waals surface area contributed by atoms with Crippen molar-refractivity contribution in [3.63, 3.8) is 0 Å². The molecule has 2 rings (SSSR count). The summed E-state index contributed by atoms with van der Waals surface area (Å²) in [6.45, 7) is 13.9. The van der Waals surface area contributed by atoms with Gasteiger partial charge in [0.15, 0.2) is 0 Å². The molecular formula is C13H22N2OS. The number of nitrogens with one attached hydrogen (secondary N) is 1. The molecule has 0 saturated heterocycles. The van der Waals surface area contributed by atoms with Gasteiger partial charge in [0.1, 0.15) is 0 Å². The number of fused-ring (bicyclic) bond motifs is 1. The quantitative estimate of drug-likeness (QED) is 0.773. The van der Waals surface area contributed by atoms with Crippen LogP contribution in [0.4, 0.5) is 0 Å². The van der Waals surface area contributed by atoms with Crippen molar-refractivity contribution in [2.75, 3.05) is 0 Å². The van der Waals surface area contributed by atoms with E-state index in [1.165, 1.54) is 11.3 Å². The Bertz CT molecular complexity index is 526. The minimum atomic E-state index is -0.00593. The molecule has 2 aromatic heterocycles. The van der Waals surface area contributed by atoms with Crippen LogP contribution in [0.1, 0.15) is 44.6 Å². The lowest BCUT2D eigenvalue weighted by atomic mass is 10.2. The van der Waals surface area contributed by atoms with Crippen LogP contribution in [0, 0.1) is 20.8 Å². The number of pyridine rings is 1. The first-order chi connectivity index (χ1) is 8.09. The van der Waals surface area contributed by atoms with Crippen LogP contribution in [0.5, 0.6) is 0 Å². The first kappa shape index (κ1) is 15.8. The van der Waals surface area contributed by atoms with Gasteiger partial charge in [-0.05, 0) is 26.3 Å². The molecule has 0 aliphatic heterocycles. The number of thiazole rings is 1. The molecule has 0 aromatic carbocycles. The summed E-state index contributed by atoms with van der Waals surface area (Å²) in [5, 5.41) is 0. The lowest BCUT2D eigenvalue weighted by Gasteiger charge is -2.01. The fourth-order valence-corrected chi connectivity index (χ4v) is 2.34. The first-order valence-electron chi connectivity index (χ1n) is 6.06. The van der Waals surface area contributed by atoms with Crippen LogP contribution in [-0.2, 0) is 0 Å². The third kappa shape index (κ3) is 3.40. The molecule has 0 atom stereocenters. The predicted octanol–water partition coefficient (Wildman–Crippen LogP) is 3.96. The summed E-state index contributed by atoms with van der Waals surface area (Å²) >= 11 is 1.26. The van der Waals surface area contributed by atoms with E-state index in [4.69, 9.17) is 0 Å². The Kier molecular flexibility index (Phi) is 6.73. The second-order valence-electron chi connectivity index (χ2n) is 3.13. The Morgan fingerprint density at radius 3 is 2.06 bits per heavy atom. The van der Waals surface area contributed by atoms with Crippen LogP contribution in [0.15, 0.2) is 4.79 Å². The van der Waals surface area contributed by atoms with Crippen molar-refractivity contribution in [1.29, 1.82) is 0 Å². The molecule has 0 bridgehead atoms. The van der Waals surface area contributed by atoms with Crippen LogP contribution in [-0.4, -0.2) is 9.97 Å². The maximum Gasteiger partial charge on any atom is 0.305 e. The maximum absolute atomic E-state index is 11.1. The normalized spacial score (nSPS) is 9.12. The van der Waals surface area contributed by atoms with E-state index in [9.17, 15) is 4.79 Å². The monoisotopic (exact) mass is 254 g/mol. The van der Waals surface area contributed by atoms with Gasteiger partial charge >= 0.3 is 4.87 Å². The Balaban J connectivity index is 0.000000581. The molecule has 0 fully saturated rings. The largest absolute Gasteiger partial charge is 0.311 e. The zero-order chi connectivity index (χ0) is 13.6. The summed E-state index contributed by atoms with van der Waals surface area (Å²) in [6.07, 6.45) is 0. The number of aromatic amines is 1. The van der Waals surface area contributed by atoms with Crippen LogP contribution in [0.2, 0.25) is 0 Å². The molecule has 0 aliphatic carbocycles. The SMILES string of the molecule is CC.CC.Cc1nc(C)c2[nH]c(=O)sc2c1C. The minimum absolute atomic E-state index is 0.00593. The average molecular weight is 254 g/mol. The summed E-state index contributed by atoms with van der Waals surface area (Å²) < 4.78 is 1.04. The smallest absolute Gasteiger partial charge is 0.305 e. The van der Waals surface area contributed by atoms with Crippen molar-refractivity contribution in [2.45, 2.75) is 48.5 Å². The molecule has 0 saturated carbocycles. The molecule has 0 amide bonds. The predicted molar refractivity (Wildman–Crippen MR) is 77.1 cm³/mol. The Morgan fingerprint density at radius 2 is 1.53 bits per heavy atom. The molecule has 0 aliphatic rings. The van der Waals surface area contributed by atoms with Crippen molar-refractivity contribution >= 4 is 21.6 Å². The average Bonchev–Trinajstić information content (AvgIpc) is 2.74. The van der Waals surface area contributed by atoms with Crippen molar-refractivity contribution in [3.05, 3.63) is 26.6 Å². The van der Waals surface area contributed by atoms with Gasteiger partial charge in [0, 0.05) is 5.69 Å². The highest BCUT2D eigenvalue weighted by Crippen LogP contribution is 2.22. The fourth-order valence-electron chi connectivity index (χ4n) is 1.40. The second kappa shape index (κ2) is 7.22. The van der Waals surface area contributed by atoms with E-state index in [0.29, 0.717) is 0 Å². The Hall–Kier alpha value is -1.16. The standard InChI is InChI=1S/C9H10N2OS.2C2H6/c1-4-5(2)10-6(3)7-8(4)13-9(12)11-7;2*1-2/h1-3H3,(H,11,12);2*1-2H3. The summed E-state index contributed by atoms with van der Waals surface area (Å²) in [6, 6.07) is 0. The van der Waals surface area contributed by atoms with Gasteiger partial charge in [0.05, 0.1) is 15.9 Å². The fraction of sp³-hybridized carbons (Fsp3) is 0.538. The van der Waals surface area contributed by atoms with E-state index < -0.39 is 0 Å². The molecule has 0 spiro atoms. The van der Waals surface area contributed by atoms with E-state index >= 15 is 0 Å². The third-order valence-electron chi connectivity index (χ3n) is 2.23. The number of H-pyrrole nitrogens is 1. The zero-order valence-corrected chi connectivity index (χ0v) is 12.6.